The summed E-state index contributed by atoms with van der Waals surface area (Å²) in [5.41, 5.74) is 5.13. The zero-order valence-electron chi connectivity index (χ0n) is 15.3. The number of aromatic nitrogens is 4. The molecule has 27 heavy (non-hydrogen) atoms. The van der Waals surface area contributed by atoms with E-state index in [9.17, 15) is 4.79 Å². The van der Waals surface area contributed by atoms with Gasteiger partial charge in [-0.25, -0.2) is 4.98 Å². The molecule has 7 heteroatoms. The second-order valence-electron chi connectivity index (χ2n) is 6.44. The van der Waals surface area contributed by atoms with Crippen molar-refractivity contribution in [2.24, 2.45) is 0 Å². The molecule has 0 saturated carbocycles. The van der Waals surface area contributed by atoms with Crippen LogP contribution in [0.25, 0.3) is 11.4 Å². The molecule has 0 atom stereocenters. The van der Waals surface area contributed by atoms with Gasteiger partial charge < -0.3 is 5.32 Å². The average Bonchev–Trinajstić information content (AvgIpc) is 3.12. The van der Waals surface area contributed by atoms with Crippen molar-refractivity contribution in [3.8, 4) is 0 Å². The minimum atomic E-state index is -0.157. The number of nitrogens with zero attached hydrogens (tertiary/aromatic N) is 3. The second-order valence-corrected chi connectivity index (χ2v) is 7.34. The summed E-state index contributed by atoms with van der Waals surface area (Å²) in [6.07, 6.45) is 4.94. The van der Waals surface area contributed by atoms with Crippen LogP contribution >= 0.6 is 11.8 Å². The van der Waals surface area contributed by atoms with Crippen LogP contribution in [-0.4, -0.2) is 25.3 Å². The van der Waals surface area contributed by atoms with Crippen LogP contribution in [-0.2, 0) is 13.0 Å². The summed E-state index contributed by atoms with van der Waals surface area (Å²) in [5.74, 6) is 1.91. The summed E-state index contributed by atoms with van der Waals surface area (Å²) >= 11 is 1.70. The first-order valence-corrected chi connectivity index (χ1v) is 9.99. The summed E-state index contributed by atoms with van der Waals surface area (Å²) in [6.45, 7) is 4.69. The number of hydrogen-bond donors (Lipinski definition) is 2. The van der Waals surface area contributed by atoms with Crippen LogP contribution in [0.4, 0.5) is 5.69 Å². The molecule has 0 amide bonds. The van der Waals surface area contributed by atoms with E-state index in [1.54, 1.807) is 17.8 Å². The van der Waals surface area contributed by atoms with Crippen LogP contribution in [0.2, 0.25) is 0 Å². The summed E-state index contributed by atoms with van der Waals surface area (Å²) < 4.78 is 1.40. The van der Waals surface area contributed by atoms with Crippen LogP contribution in [0.3, 0.4) is 0 Å². The summed E-state index contributed by atoms with van der Waals surface area (Å²) in [7, 11) is 0. The molecule has 0 saturated heterocycles. The van der Waals surface area contributed by atoms with E-state index in [-0.39, 0.29) is 5.56 Å². The zero-order chi connectivity index (χ0) is 18.8. The number of para-hydroxylation sites is 1. The topological polar surface area (TPSA) is 75.1 Å². The molecule has 6 nitrogen and oxygen atoms in total. The largest absolute Gasteiger partial charge is 0.379 e. The van der Waals surface area contributed by atoms with Crippen molar-refractivity contribution in [1.29, 1.82) is 0 Å². The maximum absolute atomic E-state index is 12.5. The first-order valence-electron chi connectivity index (χ1n) is 8.94. The fourth-order valence-corrected chi connectivity index (χ4v) is 3.86. The highest BCUT2D eigenvalue weighted by atomic mass is 32.2. The van der Waals surface area contributed by atoms with Gasteiger partial charge in [0.25, 0.3) is 11.3 Å². The minimum Gasteiger partial charge on any atom is -0.379 e. The molecule has 138 valence electrons. The number of rotatable bonds is 5. The lowest BCUT2D eigenvalue weighted by molar-refractivity contribution is 0.871. The lowest BCUT2D eigenvalue weighted by Gasteiger charge is -2.13. The first kappa shape index (κ1) is 17.6. The summed E-state index contributed by atoms with van der Waals surface area (Å²) in [4.78, 5) is 21.6. The molecule has 0 radical (unpaired) electrons. The number of aryl methyl sites for hydroxylation is 2. The van der Waals surface area contributed by atoms with Gasteiger partial charge in [0, 0.05) is 23.1 Å². The third-order valence-electron chi connectivity index (χ3n) is 4.59. The quantitative estimate of drug-likeness (QED) is 0.709. The van der Waals surface area contributed by atoms with Gasteiger partial charge in [-0.15, -0.1) is 11.8 Å². The molecule has 1 aliphatic heterocycles. The van der Waals surface area contributed by atoms with Crippen LogP contribution in [0, 0.1) is 6.92 Å². The molecule has 2 N–H and O–H groups in total. The molecular formula is C20H21N5OS. The Kier molecular flexibility index (Phi) is 4.85. The molecule has 1 aromatic carbocycles. The Morgan fingerprint density at radius 2 is 2.22 bits per heavy atom. The molecule has 4 rings (SSSR count). The van der Waals surface area contributed by atoms with Crippen LogP contribution < -0.4 is 10.9 Å². The van der Waals surface area contributed by atoms with Crippen molar-refractivity contribution in [2.75, 3.05) is 11.1 Å². The maximum atomic E-state index is 12.5. The smallest absolute Gasteiger partial charge is 0.274 e. The molecule has 1 aliphatic rings. The van der Waals surface area contributed by atoms with E-state index in [0.29, 0.717) is 23.8 Å². The van der Waals surface area contributed by atoms with Gasteiger partial charge in [0.1, 0.15) is 0 Å². The molecular weight excluding hydrogens is 358 g/mol. The van der Waals surface area contributed by atoms with Crippen LogP contribution in [0.5, 0.6) is 0 Å². The number of aromatic amines is 1. The molecule has 3 heterocycles. The van der Waals surface area contributed by atoms with Gasteiger partial charge in [0.15, 0.2) is 5.82 Å². The third kappa shape index (κ3) is 3.55. The van der Waals surface area contributed by atoms with Gasteiger partial charge in [-0.3, -0.25) is 9.89 Å². The van der Waals surface area contributed by atoms with Gasteiger partial charge in [-0.05, 0) is 29.9 Å². The van der Waals surface area contributed by atoms with Crippen molar-refractivity contribution in [3.63, 3.8) is 0 Å². The van der Waals surface area contributed by atoms with Gasteiger partial charge >= 0.3 is 0 Å². The van der Waals surface area contributed by atoms with E-state index in [1.165, 1.54) is 15.6 Å². The second kappa shape index (κ2) is 7.44. The number of thioether (sulfide) groups is 1. The van der Waals surface area contributed by atoms with E-state index < -0.39 is 0 Å². The fourth-order valence-electron chi connectivity index (χ4n) is 3.16. The first-order chi connectivity index (χ1) is 13.2. The molecule has 2 aromatic heterocycles. The maximum Gasteiger partial charge on any atom is 0.274 e. The third-order valence-corrected chi connectivity index (χ3v) is 5.41. The zero-order valence-corrected chi connectivity index (χ0v) is 16.1. The molecule has 0 spiro atoms. The lowest BCUT2D eigenvalue weighted by Crippen LogP contribution is -2.17. The van der Waals surface area contributed by atoms with Gasteiger partial charge in [-0.2, -0.15) is 9.50 Å². The Bertz CT molecular complexity index is 1110. The number of H-pyrrole nitrogens is 1. The van der Waals surface area contributed by atoms with E-state index in [2.05, 4.69) is 52.4 Å². The predicted molar refractivity (Wildman–Crippen MR) is 111 cm³/mol. The van der Waals surface area contributed by atoms with Crippen LogP contribution in [0.1, 0.15) is 29.6 Å². The van der Waals surface area contributed by atoms with Crippen molar-refractivity contribution < 1.29 is 0 Å². The van der Waals surface area contributed by atoms with E-state index in [4.69, 9.17) is 0 Å². The normalized spacial score (nSPS) is 13.8. The van der Waals surface area contributed by atoms with Gasteiger partial charge in [-0.1, -0.05) is 37.3 Å². The molecule has 0 unspecified atom stereocenters. The summed E-state index contributed by atoms with van der Waals surface area (Å²) in [6, 6.07) is 7.81. The Labute approximate surface area is 161 Å². The standard InChI is InChI=1S/C20H21N5OS/c1-3-14-7-4-6-13(2)18(14)21-11-16-10-17(26)25-20(22-16)23-19(24-25)15-8-5-9-27-12-15/h4-10,21H,3,11-12H2,1-2H3,(H,22,23,24). The highest BCUT2D eigenvalue weighted by Crippen LogP contribution is 2.23. The number of hydrogen-bond acceptors (Lipinski definition) is 5. The van der Waals surface area contributed by atoms with Gasteiger partial charge in [0.05, 0.1) is 12.2 Å². The highest BCUT2D eigenvalue weighted by Gasteiger charge is 2.13. The molecule has 0 aliphatic carbocycles. The fraction of sp³-hybridized carbons (Fsp3) is 0.250. The van der Waals surface area contributed by atoms with Crippen molar-refractivity contribution in [2.45, 2.75) is 26.8 Å². The van der Waals surface area contributed by atoms with Crippen LogP contribution in [0.15, 0.2) is 46.6 Å². The van der Waals surface area contributed by atoms with Gasteiger partial charge in [0.2, 0.25) is 0 Å². The van der Waals surface area contributed by atoms with Crippen molar-refractivity contribution in [3.05, 3.63) is 74.8 Å². The van der Waals surface area contributed by atoms with E-state index >= 15 is 0 Å². The Morgan fingerprint density at radius 1 is 1.33 bits per heavy atom. The summed E-state index contributed by atoms with van der Waals surface area (Å²) in [5, 5.41) is 8.53. The average molecular weight is 379 g/mol. The Morgan fingerprint density at radius 3 is 3.00 bits per heavy atom. The molecule has 0 bridgehead atoms. The highest BCUT2D eigenvalue weighted by molar-refractivity contribution is 8.02. The molecule has 3 aromatic rings. The monoisotopic (exact) mass is 379 g/mol. The Balaban J connectivity index is 1.63. The van der Waals surface area contributed by atoms with E-state index in [1.807, 2.05) is 17.6 Å². The number of allylic oxidation sites excluding steroid dienone is 2. The minimum absolute atomic E-state index is 0.157. The number of nitrogens with one attached hydrogen (secondary N) is 2. The van der Waals surface area contributed by atoms with Crippen molar-refractivity contribution in [1.82, 2.24) is 19.6 Å². The van der Waals surface area contributed by atoms with Crippen molar-refractivity contribution >= 4 is 28.8 Å². The van der Waals surface area contributed by atoms with E-state index in [0.717, 1.165) is 23.4 Å². The SMILES string of the molecule is CCc1cccc(C)c1NCc1cc(=O)n2[nH]c(C3=CC=CSC3)nc2n1. The predicted octanol–water partition coefficient (Wildman–Crippen LogP) is 3.54. The number of anilines is 1. The lowest BCUT2D eigenvalue weighted by atomic mass is 10.1. The number of benzene rings is 1. The number of fused-ring (bicyclic) bond motifs is 1. The Hall–Kier alpha value is -2.80. The molecule has 0 fully saturated rings.